The standard InChI is InChI=1S/C49H27N5O2S/c1-3-14-28(15-4-1)46-52-47(29-16-5-2-6-17-29)54-48(53-46)34-22-13-27-39-40(34)33-21-12-24-36(45(33)57-39)49-50-41-32-19-8-10-26-38(32)56-44(41)42(51-49)35-23-11-20-31-30-18-7-9-25-37(30)55-43(31)35/h1-27H. The Bertz CT molecular complexity index is 3480. The van der Waals surface area contributed by atoms with Crippen molar-refractivity contribution in [1.82, 2.24) is 24.9 Å². The summed E-state index contributed by atoms with van der Waals surface area (Å²) in [6.45, 7) is 0. The fraction of sp³-hybridized carbons (Fsp3) is 0. The summed E-state index contributed by atoms with van der Waals surface area (Å²) < 4.78 is 15.3. The molecule has 0 spiro atoms. The third-order valence-electron chi connectivity index (χ3n) is 10.6. The molecule has 7 nitrogen and oxygen atoms in total. The second-order valence-electron chi connectivity index (χ2n) is 14.0. The summed E-state index contributed by atoms with van der Waals surface area (Å²) in [4.78, 5) is 25.8. The van der Waals surface area contributed by atoms with Crippen LogP contribution in [0.25, 0.3) is 121 Å². The van der Waals surface area contributed by atoms with Gasteiger partial charge in [-0.3, -0.25) is 0 Å². The Labute approximate surface area is 328 Å². The first-order valence-corrected chi connectivity index (χ1v) is 19.5. The van der Waals surface area contributed by atoms with E-state index in [4.69, 9.17) is 33.8 Å². The number of rotatable bonds is 5. The molecule has 0 unspecified atom stereocenters. The van der Waals surface area contributed by atoms with Crippen LogP contribution < -0.4 is 0 Å². The maximum absolute atomic E-state index is 6.55. The minimum absolute atomic E-state index is 0.605. The first-order chi connectivity index (χ1) is 28.2. The van der Waals surface area contributed by atoms with E-state index in [-0.39, 0.29) is 0 Å². The number of thiophene rings is 1. The van der Waals surface area contributed by atoms with Crippen molar-refractivity contribution in [2.45, 2.75) is 0 Å². The van der Waals surface area contributed by atoms with Gasteiger partial charge >= 0.3 is 0 Å². The molecule has 0 amide bonds. The van der Waals surface area contributed by atoms with Crippen LogP contribution in [0.15, 0.2) is 173 Å². The fourth-order valence-corrected chi connectivity index (χ4v) is 9.20. The molecule has 57 heavy (non-hydrogen) atoms. The van der Waals surface area contributed by atoms with Crippen LogP contribution in [0.3, 0.4) is 0 Å². The lowest BCUT2D eigenvalue weighted by atomic mass is 10.0. The molecule has 0 aliphatic heterocycles. The van der Waals surface area contributed by atoms with Crippen LogP contribution in [0, 0.1) is 0 Å². The summed E-state index contributed by atoms with van der Waals surface area (Å²) in [5.74, 6) is 2.46. The van der Waals surface area contributed by atoms with Gasteiger partial charge in [0.15, 0.2) is 28.9 Å². The van der Waals surface area contributed by atoms with Gasteiger partial charge in [0.2, 0.25) is 0 Å². The topological polar surface area (TPSA) is 90.7 Å². The van der Waals surface area contributed by atoms with Gasteiger partial charge in [-0.25, -0.2) is 24.9 Å². The second kappa shape index (κ2) is 12.5. The maximum Gasteiger partial charge on any atom is 0.180 e. The Morgan fingerprint density at radius 1 is 0.368 bits per heavy atom. The highest BCUT2D eigenvalue weighted by atomic mass is 32.1. The third-order valence-corrected chi connectivity index (χ3v) is 11.8. The molecule has 0 aliphatic rings. The van der Waals surface area contributed by atoms with E-state index in [0.29, 0.717) is 34.6 Å². The molecule has 0 aliphatic carbocycles. The number of fused-ring (bicyclic) bond motifs is 9. The Hall–Kier alpha value is -7.55. The van der Waals surface area contributed by atoms with Crippen molar-refractivity contribution >= 4 is 75.5 Å². The van der Waals surface area contributed by atoms with Gasteiger partial charge in [0.05, 0.1) is 0 Å². The molecule has 0 saturated heterocycles. The van der Waals surface area contributed by atoms with Crippen molar-refractivity contribution in [3.8, 4) is 56.8 Å². The fourth-order valence-electron chi connectivity index (χ4n) is 7.97. The van der Waals surface area contributed by atoms with E-state index in [0.717, 1.165) is 86.4 Å². The quantitative estimate of drug-likeness (QED) is 0.173. The van der Waals surface area contributed by atoms with E-state index in [1.54, 1.807) is 11.3 Å². The Balaban J connectivity index is 1.10. The van der Waals surface area contributed by atoms with Crippen LogP contribution >= 0.6 is 11.3 Å². The van der Waals surface area contributed by atoms with Crippen LogP contribution in [-0.4, -0.2) is 24.9 Å². The number of aromatic nitrogens is 5. The van der Waals surface area contributed by atoms with E-state index in [1.807, 2.05) is 97.1 Å². The molecule has 0 radical (unpaired) electrons. The number of para-hydroxylation sites is 3. The monoisotopic (exact) mass is 749 g/mol. The van der Waals surface area contributed by atoms with Crippen LogP contribution in [-0.2, 0) is 0 Å². The van der Waals surface area contributed by atoms with Crippen LogP contribution in [0.1, 0.15) is 0 Å². The predicted molar refractivity (Wildman–Crippen MR) is 230 cm³/mol. The van der Waals surface area contributed by atoms with Crippen molar-refractivity contribution in [2.24, 2.45) is 0 Å². The molecule has 12 rings (SSSR count). The molecule has 0 N–H and O–H groups in total. The molecular formula is C49H27N5O2S. The summed E-state index contributed by atoms with van der Waals surface area (Å²) >= 11 is 1.72. The average Bonchev–Trinajstić information content (AvgIpc) is 3.98. The summed E-state index contributed by atoms with van der Waals surface area (Å²) in [6, 6.07) is 55.2. The molecule has 0 atom stereocenters. The Kier molecular flexibility index (Phi) is 6.96. The minimum Gasteiger partial charge on any atom is -0.455 e. The maximum atomic E-state index is 6.55. The van der Waals surface area contributed by atoms with Gasteiger partial charge in [-0.2, -0.15) is 0 Å². The van der Waals surface area contributed by atoms with Gasteiger partial charge in [0, 0.05) is 64.1 Å². The van der Waals surface area contributed by atoms with Crippen molar-refractivity contribution in [1.29, 1.82) is 0 Å². The average molecular weight is 750 g/mol. The molecule has 12 aromatic rings. The zero-order chi connectivity index (χ0) is 37.5. The molecule has 7 aromatic carbocycles. The largest absolute Gasteiger partial charge is 0.455 e. The molecular weight excluding hydrogens is 723 g/mol. The summed E-state index contributed by atoms with van der Waals surface area (Å²) in [5, 5.41) is 5.16. The van der Waals surface area contributed by atoms with Gasteiger partial charge in [-0.05, 0) is 36.4 Å². The lowest BCUT2D eigenvalue weighted by Gasteiger charge is -2.10. The highest BCUT2D eigenvalue weighted by Crippen LogP contribution is 2.45. The molecule has 5 heterocycles. The lowest BCUT2D eigenvalue weighted by molar-refractivity contribution is 0.663. The molecule has 5 aromatic heterocycles. The number of hydrogen-bond acceptors (Lipinski definition) is 8. The summed E-state index contributed by atoms with van der Waals surface area (Å²) in [5.41, 5.74) is 8.96. The van der Waals surface area contributed by atoms with Gasteiger partial charge in [0.25, 0.3) is 0 Å². The Morgan fingerprint density at radius 3 is 1.67 bits per heavy atom. The first kappa shape index (κ1) is 31.8. The van der Waals surface area contributed by atoms with Crippen molar-refractivity contribution in [3.05, 3.63) is 164 Å². The molecule has 0 bridgehead atoms. The second-order valence-corrected chi connectivity index (χ2v) is 15.0. The van der Waals surface area contributed by atoms with Crippen molar-refractivity contribution in [2.75, 3.05) is 0 Å². The van der Waals surface area contributed by atoms with E-state index < -0.39 is 0 Å². The summed E-state index contributed by atoms with van der Waals surface area (Å²) in [7, 11) is 0. The van der Waals surface area contributed by atoms with Crippen LogP contribution in [0.4, 0.5) is 0 Å². The smallest absolute Gasteiger partial charge is 0.180 e. The van der Waals surface area contributed by atoms with Gasteiger partial charge < -0.3 is 8.83 Å². The van der Waals surface area contributed by atoms with Crippen molar-refractivity contribution < 1.29 is 8.83 Å². The van der Waals surface area contributed by atoms with Crippen LogP contribution in [0.5, 0.6) is 0 Å². The van der Waals surface area contributed by atoms with E-state index >= 15 is 0 Å². The molecule has 8 heteroatoms. The van der Waals surface area contributed by atoms with E-state index in [2.05, 4.69) is 66.7 Å². The number of nitrogens with zero attached hydrogens (tertiary/aromatic N) is 5. The zero-order valence-electron chi connectivity index (χ0n) is 30.0. The highest BCUT2D eigenvalue weighted by molar-refractivity contribution is 7.26. The number of hydrogen-bond donors (Lipinski definition) is 0. The zero-order valence-corrected chi connectivity index (χ0v) is 30.9. The number of furan rings is 2. The van der Waals surface area contributed by atoms with Crippen LogP contribution in [0.2, 0.25) is 0 Å². The van der Waals surface area contributed by atoms with Crippen molar-refractivity contribution in [3.63, 3.8) is 0 Å². The van der Waals surface area contributed by atoms with E-state index in [9.17, 15) is 0 Å². The lowest BCUT2D eigenvalue weighted by Crippen LogP contribution is -2.00. The SMILES string of the molecule is c1ccc(-c2nc(-c3ccccc3)nc(-c3cccc4sc5c(-c6nc(-c7cccc8c7oc7ccccc78)c7oc8ccccc8c7n6)cccc5c34)n2)cc1. The number of benzene rings is 7. The Morgan fingerprint density at radius 2 is 0.912 bits per heavy atom. The van der Waals surface area contributed by atoms with Gasteiger partial charge in [-0.15, -0.1) is 11.3 Å². The third kappa shape index (κ3) is 5.01. The molecule has 0 fully saturated rings. The summed E-state index contributed by atoms with van der Waals surface area (Å²) in [6.07, 6.45) is 0. The molecule has 266 valence electrons. The highest BCUT2D eigenvalue weighted by Gasteiger charge is 2.24. The minimum atomic E-state index is 0.605. The van der Waals surface area contributed by atoms with Gasteiger partial charge in [0.1, 0.15) is 28.0 Å². The van der Waals surface area contributed by atoms with E-state index in [1.165, 1.54) is 0 Å². The predicted octanol–water partition coefficient (Wildman–Crippen LogP) is 13.2. The van der Waals surface area contributed by atoms with Gasteiger partial charge in [-0.1, -0.05) is 127 Å². The first-order valence-electron chi connectivity index (χ1n) is 18.7. The molecule has 0 saturated carbocycles. The normalized spacial score (nSPS) is 11.9.